The van der Waals surface area contributed by atoms with E-state index in [0.717, 1.165) is 22.1 Å². The van der Waals surface area contributed by atoms with Crippen LogP contribution < -0.4 is 0 Å². The van der Waals surface area contributed by atoms with E-state index >= 15 is 0 Å². The smallest absolute Gasteiger partial charge is 0.0406 e. The van der Waals surface area contributed by atoms with Gasteiger partial charge in [-0.05, 0) is 35.6 Å². The second kappa shape index (κ2) is 6.56. The van der Waals surface area contributed by atoms with Gasteiger partial charge in [0.2, 0.25) is 0 Å². The van der Waals surface area contributed by atoms with Crippen molar-refractivity contribution >= 4 is 54.8 Å². The molecule has 0 saturated carbocycles. The third-order valence-corrected chi connectivity index (χ3v) is 6.34. The van der Waals surface area contributed by atoms with E-state index < -0.39 is 0 Å². The van der Waals surface area contributed by atoms with Crippen molar-refractivity contribution < 1.29 is 0 Å². The van der Waals surface area contributed by atoms with Crippen LogP contribution in [0.15, 0.2) is 41.8 Å². The first-order chi connectivity index (χ1) is 8.70. The first kappa shape index (κ1) is 14.6. The number of alkyl halides is 2. The van der Waals surface area contributed by atoms with E-state index in [9.17, 15) is 0 Å². The minimum atomic E-state index is 0.0788. The van der Waals surface area contributed by atoms with E-state index in [4.69, 9.17) is 11.6 Å². The Balaban J connectivity index is 2.33. The lowest BCUT2D eigenvalue weighted by atomic mass is 9.81. The van der Waals surface area contributed by atoms with Crippen LogP contribution in [0, 0.1) is 0 Å². The number of hydrogen-bond acceptors (Lipinski definition) is 1. The topological polar surface area (TPSA) is 0 Å². The minimum Gasteiger partial charge on any atom is -0.149 e. The van der Waals surface area contributed by atoms with Gasteiger partial charge in [-0.2, -0.15) is 0 Å². The summed E-state index contributed by atoms with van der Waals surface area (Å²) in [5.41, 5.74) is 1.39. The fourth-order valence-corrected chi connectivity index (χ4v) is 4.88. The summed E-state index contributed by atoms with van der Waals surface area (Å²) < 4.78 is 0. The Morgan fingerprint density at radius 3 is 2.22 bits per heavy atom. The second-order valence-corrected chi connectivity index (χ2v) is 6.90. The van der Waals surface area contributed by atoms with Crippen molar-refractivity contribution in [1.82, 2.24) is 0 Å². The molecule has 1 aromatic heterocycles. The monoisotopic (exact) mass is 406 g/mol. The molecule has 0 amide bonds. The zero-order valence-corrected chi connectivity index (χ0v) is 14.4. The van der Waals surface area contributed by atoms with E-state index in [1.807, 2.05) is 23.5 Å². The summed E-state index contributed by atoms with van der Waals surface area (Å²) in [6.07, 6.45) is 1.03. The molecule has 96 valence electrons. The SMILES string of the molecule is Clc1ccc(C(CBr)(CBr)Cc2cccs2)cc1. The highest BCUT2D eigenvalue weighted by Crippen LogP contribution is 2.34. The molecule has 2 rings (SSSR count). The summed E-state index contributed by atoms with van der Waals surface area (Å²) in [6, 6.07) is 12.5. The molecule has 0 bridgehead atoms. The van der Waals surface area contributed by atoms with Crippen molar-refractivity contribution in [1.29, 1.82) is 0 Å². The molecule has 0 aliphatic rings. The number of thiophene rings is 1. The van der Waals surface area contributed by atoms with Gasteiger partial charge in [-0.25, -0.2) is 0 Å². The summed E-state index contributed by atoms with van der Waals surface area (Å²) in [5, 5.41) is 4.76. The molecule has 18 heavy (non-hydrogen) atoms. The molecule has 2 aromatic rings. The highest BCUT2D eigenvalue weighted by atomic mass is 79.9. The van der Waals surface area contributed by atoms with Crippen molar-refractivity contribution in [3.05, 3.63) is 57.2 Å². The molecule has 0 atom stereocenters. The van der Waals surface area contributed by atoms with E-state index in [1.54, 1.807) is 0 Å². The van der Waals surface area contributed by atoms with Gasteiger partial charge in [-0.1, -0.05) is 61.7 Å². The van der Waals surface area contributed by atoms with E-state index in [0.29, 0.717) is 0 Å². The molecule has 1 aromatic carbocycles. The normalized spacial score (nSPS) is 11.7. The molecule has 0 fully saturated rings. The lowest BCUT2D eigenvalue weighted by molar-refractivity contribution is 0.556. The van der Waals surface area contributed by atoms with Gasteiger partial charge in [0.25, 0.3) is 0 Å². The van der Waals surface area contributed by atoms with Crippen LogP contribution in [0.25, 0.3) is 0 Å². The van der Waals surface area contributed by atoms with Crippen molar-refractivity contribution in [3.63, 3.8) is 0 Å². The molecule has 0 unspecified atom stereocenters. The Labute approximate surface area is 134 Å². The molecule has 0 aliphatic heterocycles. The lowest BCUT2D eigenvalue weighted by Gasteiger charge is -2.30. The Morgan fingerprint density at radius 2 is 1.72 bits per heavy atom. The molecular formula is C14H13Br2ClS. The Kier molecular flexibility index (Phi) is 5.31. The maximum Gasteiger partial charge on any atom is 0.0406 e. The number of rotatable bonds is 5. The molecule has 1 heterocycles. The van der Waals surface area contributed by atoms with Gasteiger partial charge in [0.15, 0.2) is 0 Å². The van der Waals surface area contributed by atoms with Gasteiger partial charge in [0.1, 0.15) is 0 Å². The van der Waals surface area contributed by atoms with Crippen molar-refractivity contribution in [3.8, 4) is 0 Å². The predicted octanol–water partition coefficient (Wildman–Crippen LogP) is 5.67. The molecule has 0 radical (unpaired) electrons. The quantitative estimate of drug-likeness (QED) is 0.559. The van der Waals surface area contributed by atoms with Crippen molar-refractivity contribution in [2.24, 2.45) is 0 Å². The highest BCUT2D eigenvalue weighted by Gasteiger charge is 2.30. The summed E-state index contributed by atoms with van der Waals surface area (Å²) in [4.78, 5) is 1.41. The lowest BCUT2D eigenvalue weighted by Crippen LogP contribution is -2.32. The van der Waals surface area contributed by atoms with Crippen molar-refractivity contribution in [2.75, 3.05) is 10.7 Å². The van der Waals surface area contributed by atoms with E-state index in [-0.39, 0.29) is 5.41 Å². The van der Waals surface area contributed by atoms with Crippen LogP contribution in [0.4, 0.5) is 0 Å². The average molecular weight is 409 g/mol. The zero-order chi connectivity index (χ0) is 13.0. The van der Waals surface area contributed by atoms with Crippen LogP contribution in [0.5, 0.6) is 0 Å². The first-order valence-corrected chi connectivity index (χ1v) is 9.10. The van der Waals surface area contributed by atoms with Gasteiger partial charge in [-0.15, -0.1) is 11.3 Å². The minimum absolute atomic E-state index is 0.0788. The summed E-state index contributed by atoms with van der Waals surface area (Å²) in [6.45, 7) is 0. The molecular weight excluding hydrogens is 395 g/mol. The maximum absolute atomic E-state index is 5.97. The van der Waals surface area contributed by atoms with Gasteiger partial charge in [-0.3, -0.25) is 0 Å². The third kappa shape index (κ3) is 3.19. The van der Waals surface area contributed by atoms with Crippen molar-refractivity contribution in [2.45, 2.75) is 11.8 Å². The highest BCUT2D eigenvalue weighted by molar-refractivity contribution is 9.09. The number of halogens is 3. The fourth-order valence-electron chi connectivity index (χ4n) is 1.94. The van der Waals surface area contributed by atoms with Gasteiger partial charge in [0, 0.05) is 26.0 Å². The molecule has 0 saturated heterocycles. The Morgan fingerprint density at radius 1 is 1.06 bits per heavy atom. The van der Waals surface area contributed by atoms with Gasteiger partial charge in [0.05, 0.1) is 0 Å². The molecule has 0 spiro atoms. The number of benzene rings is 1. The fraction of sp³-hybridized carbons (Fsp3) is 0.286. The summed E-state index contributed by atoms with van der Waals surface area (Å²) in [7, 11) is 0. The van der Waals surface area contributed by atoms with Crippen LogP contribution in [0.2, 0.25) is 5.02 Å². The largest absolute Gasteiger partial charge is 0.149 e. The molecule has 4 heteroatoms. The maximum atomic E-state index is 5.97. The Bertz CT molecular complexity index is 475. The zero-order valence-electron chi connectivity index (χ0n) is 9.70. The van der Waals surface area contributed by atoms with Crippen LogP contribution >= 0.6 is 54.8 Å². The van der Waals surface area contributed by atoms with Gasteiger partial charge >= 0.3 is 0 Å². The Hall–Kier alpha value is 0.170. The average Bonchev–Trinajstić information content (AvgIpc) is 2.90. The summed E-state index contributed by atoms with van der Waals surface area (Å²) in [5.74, 6) is 0. The molecule has 0 nitrogen and oxygen atoms in total. The van der Waals surface area contributed by atoms with E-state index in [1.165, 1.54) is 10.4 Å². The third-order valence-electron chi connectivity index (χ3n) is 3.06. The van der Waals surface area contributed by atoms with E-state index in [2.05, 4.69) is 61.5 Å². The van der Waals surface area contributed by atoms with Crippen LogP contribution in [-0.2, 0) is 11.8 Å². The van der Waals surface area contributed by atoms with Crippen LogP contribution in [-0.4, -0.2) is 10.7 Å². The molecule has 0 N–H and O–H groups in total. The summed E-state index contributed by atoms with van der Waals surface area (Å²) >= 11 is 15.1. The van der Waals surface area contributed by atoms with Crippen LogP contribution in [0.3, 0.4) is 0 Å². The number of hydrogen-bond donors (Lipinski definition) is 0. The predicted molar refractivity (Wildman–Crippen MR) is 88.7 cm³/mol. The van der Waals surface area contributed by atoms with Crippen LogP contribution in [0.1, 0.15) is 10.4 Å². The first-order valence-electron chi connectivity index (χ1n) is 5.60. The standard InChI is InChI=1S/C14H13Br2ClS/c15-9-14(10-16,8-13-2-1-7-18-13)11-3-5-12(17)6-4-11/h1-7H,8-10H2. The second-order valence-electron chi connectivity index (χ2n) is 4.31. The molecule has 0 aliphatic carbocycles. The van der Waals surface area contributed by atoms with Gasteiger partial charge < -0.3 is 0 Å².